The van der Waals surface area contributed by atoms with Crippen LogP contribution in [0.3, 0.4) is 0 Å². The molecular formula is C14H8ClFN4O2. The predicted octanol–water partition coefficient (Wildman–Crippen LogP) is 3.64. The van der Waals surface area contributed by atoms with Crippen molar-refractivity contribution in [3.05, 3.63) is 69.9 Å². The van der Waals surface area contributed by atoms with Crippen LogP contribution in [-0.2, 0) is 0 Å². The van der Waals surface area contributed by atoms with Crippen molar-refractivity contribution in [2.75, 3.05) is 0 Å². The van der Waals surface area contributed by atoms with Crippen molar-refractivity contribution in [1.82, 2.24) is 14.8 Å². The molecule has 6 nitrogen and oxygen atoms in total. The lowest BCUT2D eigenvalue weighted by Gasteiger charge is -2.02. The number of nitro groups is 1. The van der Waals surface area contributed by atoms with Gasteiger partial charge in [0, 0.05) is 18.5 Å². The highest BCUT2D eigenvalue weighted by Gasteiger charge is 2.16. The largest absolute Gasteiger partial charge is 0.272 e. The van der Waals surface area contributed by atoms with E-state index in [-0.39, 0.29) is 16.5 Å². The van der Waals surface area contributed by atoms with Gasteiger partial charge in [-0.1, -0.05) is 17.7 Å². The SMILES string of the molecule is O=[N+]([O-])c1ccc(-n2cc(-c3ccccn3)c(Cl)n2)c(F)c1. The van der Waals surface area contributed by atoms with Crippen LogP contribution >= 0.6 is 11.6 Å². The Kier molecular flexibility index (Phi) is 3.56. The van der Waals surface area contributed by atoms with Gasteiger partial charge in [-0.15, -0.1) is 0 Å². The third-order valence-electron chi connectivity index (χ3n) is 3.00. The molecule has 0 fully saturated rings. The van der Waals surface area contributed by atoms with Gasteiger partial charge in [0.05, 0.1) is 22.2 Å². The standard InChI is InChI=1S/C14H8ClFN4O2/c15-14-10(12-3-1-2-6-17-12)8-19(18-14)13-5-4-9(20(21)22)7-11(13)16/h1-8H. The molecule has 0 saturated carbocycles. The second-order valence-corrected chi connectivity index (χ2v) is 4.74. The van der Waals surface area contributed by atoms with Crippen LogP contribution in [0.1, 0.15) is 0 Å². The minimum atomic E-state index is -0.763. The van der Waals surface area contributed by atoms with E-state index in [1.807, 2.05) is 0 Å². The smallest absolute Gasteiger partial charge is 0.258 e. The van der Waals surface area contributed by atoms with E-state index in [4.69, 9.17) is 11.6 Å². The lowest BCUT2D eigenvalue weighted by molar-refractivity contribution is -0.385. The molecule has 1 aromatic carbocycles. The molecule has 8 heteroatoms. The fourth-order valence-corrected chi connectivity index (χ4v) is 2.19. The van der Waals surface area contributed by atoms with Crippen LogP contribution in [0, 0.1) is 15.9 Å². The Morgan fingerprint density at radius 2 is 2.09 bits per heavy atom. The Balaban J connectivity index is 2.05. The summed E-state index contributed by atoms with van der Waals surface area (Å²) >= 11 is 6.06. The zero-order chi connectivity index (χ0) is 15.7. The topological polar surface area (TPSA) is 73.8 Å². The first-order chi connectivity index (χ1) is 10.6. The number of nitro benzene ring substituents is 1. The monoisotopic (exact) mass is 318 g/mol. The highest BCUT2D eigenvalue weighted by atomic mass is 35.5. The van der Waals surface area contributed by atoms with Crippen molar-refractivity contribution in [3.63, 3.8) is 0 Å². The second kappa shape index (κ2) is 5.53. The van der Waals surface area contributed by atoms with Crippen LogP contribution in [0.5, 0.6) is 0 Å². The summed E-state index contributed by atoms with van der Waals surface area (Å²) in [7, 11) is 0. The molecule has 2 aromatic heterocycles. The summed E-state index contributed by atoms with van der Waals surface area (Å²) in [5, 5.41) is 14.8. The average molecular weight is 319 g/mol. The minimum Gasteiger partial charge on any atom is -0.258 e. The van der Waals surface area contributed by atoms with E-state index in [1.165, 1.54) is 23.0 Å². The van der Waals surface area contributed by atoms with Crippen LogP contribution in [-0.4, -0.2) is 19.7 Å². The molecule has 0 unspecified atom stereocenters. The van der Waals surface area contributed by atoms with Crippen LogP contribution in [0.15, 0.2) is 48.8 Å². The van der Waals surface area contributed by atoms with Crippen molar-refractivity contribution >= 4 is 17.3 Å². The van der Waals surface area contributed by atoms with E-state index < -0.39 is 10.7 Å². The van der Waals surface area contributed by atoms with Gasteiger partial charge in [0.15, 0.2) is 11.0 Å². The zero-order valence-corrected chi connectivity index (χ0v) is 11.7. The number of hydrogen-bond acceptors (Lipinski definition) is 4. The molecule has 0 atom stereocenters. The Labute approximate surface area is 128 Å². The highest BCUT2D eigenvalue weighted by molar-refractivity contribution is 6.32. The fraction of sp³-hybridized carbons (Fsp3) is 0. The normalized spacial score (nSPS) is 10.6. The summed E-state index contributed by atoms with van der Waals surface area (Å²) in [5.74, 6) is -0.763. The molecule has 0 aliphatic carbocycles. The Bertz CT molecular complexity index is 851. The Hall–Kier alpha value is -2.80. The molecule has 3 aromatic rings. The Morgan fingerprint density at radius 3 is 2.73 bits per heavy atom. The van der Waals surface area contributed by atoms with E-state index in [2.05, 4.69) is 10.1 Å². The van der Waals surface area contributed by atoms with Gasteiger partial charge in [-0.25, -0.2) is 9.07 Å². The van der Waals surface area contributed by atoms with E-state index in [1.54, 1.807) is 24.4 Å². The first-order valence-electron chi connectivity index (χ1n) is 6.17. The number of non-ortho nitro benzene ring substituents is 1. The van der Waals surface area contributed by atoms with Gasteiger partial charge >= 0.3 is 0 Å². The maximum atomic E-state index is 14.0. The van der Waals surface area contributed by atoms with Crippen LogP contribution in [0.2, 0.25) is 5.15 Å². The fourth-order valence-electron chi connectivity index (χ4n) is 1.97. The molecule has 0 amide bonds. The predicted molar refractivity (Wildman–Crippen MR) is 78.4 cm³/mol. The zero-order valence-electron chi connectivity index (χ0n) is 11.0. The molecule has 0 spiro atoms. The summed E-state index contributed by atoms with van der Waals surface area (Å²) in [6.45, 7) is 0. The maximum Gasteiger partial charge on any atom is 0.272 e. The number of rotatable bonds is 3. The van der Waals surface area contributed by atoms with Crippen molar-refractivity contribution in [3.8, 4) is 16.9 Å². The minimum absolute atomic E-state index is 0.0645. The number of pyridine rings is 1. The Morgan fingerprint density at radius 1 is 1.27 bits per heavy atom. The van der Waals surface area contributed by atoms with Crippen LogP contribution in [0.25, 0.3) is 16.9 Å². The molecule has 0 saturated heterocycles. The lowest BCUT2D eigenvalue weighted by atomic mass is 10.2. The van der Waals surface area contributed by atoms with Gasteiger partial charge in [-0.05, 0) is 18.2 Å². The van der Waals surface area contributed by atoms with Gasteiger partial charge in [0.25, 0.3) is 5.69 Å². The molecule has 22 heavy (non-hydrogen) atoms. The molecule has 0 bridgehead atoms. The summed E-state index contributed by atoms with van der Waals surface area (Å²) in [6, 6.07) is 8.62. The van der Waals surface area contributed by atoms with Crippen molar-refractivity contribution in [2.45, 2.75) is 0 Å². The third-order valence-corrected chi connectivity index (χ3v) is 3.28. The van der Waals surface area contributed by atoms with Gasteiger partial charge < -0.3 is 0 Å². The first kappa shape index (κ1) is 14.2. The molecule has 0 aliphatic heterocycles. The van der Waals surface area contributed by atoms with Crippen LogP contribution < -0.4 is 0 Å². The molecule has 0 N–H and O–H groups in total. The molecule has 0 radical (unpaired) electrons. The van der Waals surface area contributed by atoms with Gasteiger partial charge in [-0.2, -0.15) is 5.10 Å². The lowest BCUT2D eigenvalue weighted by Crippen LogP contribution is -1.99. The van der Waals surface area contributed by atoms with Crippen LogP contribution in [0.4, 0.5) is 10.1 Å². The molecule has 2 heterocycles. The third kappa shape index (κ3) is 2.53. The molecular weight excluding hydrogens is 311 g/mol. The molecule has 110 valence electrons. The van der Waals surface area contributed by atoms with E-state index in [0.717, 1.165) is 6.07 Å². The molecule has 3 rings (SSSR count). The summed E-state index contributed by atoms with van der Waals surface area (Å²) in [5.41, 5.74) is 0.875. The van der Waals surface area contributed by atoms with Crippen molar-refractivity contribution < 1.29 is 9.31 Å². The van der Waals surface area contributed by atoms with E-state index in [9.17, 15) is 14.5 Å². The highest BCUT2D eigenvalue weighted by Crippen LogP contribution is 2.27. The van der Waals surface area contributed by atoms with Crippen molar-refractivity contribution in [2.24, 2.45) is 0 Å². The van der Waals surface area contributed by atoms with Gasteiger partial charge in [0.1, 0.15) is 5.69 Å². The number of halogens is 2. The molecule has 0 aliphatic rings. The van der Waals surface area contributed by atoms with E-state index >= 15 is 0 Å². The number of benzene rings is 1. The summed E-state index contributed by atoms with van der Waals surface area (Å²) in [6.07, 6.45) is 3.13. The second-order valence-electron chi connectivity index (χ2n) is 4.39. The summed E-state index contributed by atoms with van der Waals surface area (Å²) in [4.78, 5) is 14.1. The number of nitrogens with zero attached hydrogens (tertiary/aromatic N) is 4. The van der Waals surface area contributed by atoms with Gasteiger partial charge in [-0.3, -0.25) is 15.1 Å². The summed E-state index contributed by atoms with van der Waals surface area (Å²) < 4.78 is 15.2. The first-order valence-corrected chi connectivity index (χ1v) is 6.55. The number of aromatic nitrogens is 3. The maximum absolute atomic E-state index is 14.0. The number of hydrogen-bond donors (Lipinski definition) is 0. The van der Waals surface area contributed by atoms with Gasteiger partial charge in [0.2, 0.25) is 0 Å². The average Bonchev–Trinajstić information content (AvgIpc) is 2.89. The quantitative estimate of drug-likeness (QED) is 0.546. The van der Waals surface area contributed by atoms with E-state index in [0.29, 0.717) is 11.3 Å². The van der Waals surface area contributed by atoms with Crippen molar-refractivity contribution in [1.29, 1.82) is 0 Å².